The SMILES string of the molecule is CCC(=O)c1cccc(-c2nn[nH]n2)c1. The van der Waals surface area contributed by atoms with E-state index in [1.807, 2.05) is 19.1 Å². The summed E-state index contributed by atoms with van der Waals surface area (Å²) < 4.78 is 0. The van der Waals surface area contributed by atoms with Crippen molar-refractivity contribution in [2.24, 2.45) is 0 Å². The summed E-state index contributed by atoms with van der Waals surface area (Å²) in [5.41, 5.74) is 1.47. The monoisotopic (exact) mass is 202 g/mol. The third-order valence-corrected chi connectivity index (χ3v) is 2.11. The van der Waals surface area contributed by atoms with Gasteiger partial charge < -0.3 is 0 Å². The smallest absolute Gasteiger partial charge is 0.204 e. The van der Waals surface area contributed by atoms with Crippen molar-refractivity contribution >= 4 is 5.78 Å². The maximum Gasteiger partial charge on any atom is 0.204 e. The zero-order valence-corrected chi connectivity index (χ0v) is 8.27. The highest BCUT2D eigenvalue weighted by molar-refractivity contribution is 5.96. The van der Waals surface area contributed by atoms with Gasteiger partial charge in [0, 0.05) is 17.5 Å². The lowest BCUT2D eigenvalue weighted by molar-refractivity contribution is 0.0988. The van der Waals surface area contributed by atoms with Crippen molar-refractivity contribution in [3.05, 3.63) is 29.8 Å². The van der Waals surface area contributed by atoms with Gasteiger partial charge in [-0.05, 0) is 11.3 Å². The molecule has 0 saturated heterocycles. The summed E-state index contributed by atoms with van der Waals surface area (Å²) in [6, 6.07) is 7.22. The van der Waals surface area contributed by atoms with Crippen molar-refractivity contribution in [3.63, 3.8) is 0 Å². The lowest BCUT2D eigenvalue weighted by atomic mass is 10.1. The molecule has 5 nitrogen and oxygen atoms in total. The lowest BCUT2D eigenvalue weighted by Crippen LogP contribution is -1.96. The van der Waals surface area contributed by atoms with Crippen LogP contribution in [0.2, 0.25) is 0 Å². The fraction of sp³-hybridized carbons (Fsp3) is 0.200. The van der Waals surface area contributed by atoms with E-state index in [4.69, 9.17) is 0 Å². The number of hydrogen-bond donors (Lipinski definition) is 1. The van der Waals surface area contributed by atoms with Crippen molar-refractivity contribution in [2.45, 2.75) is 13.3 Å². The Morgan fingerprint density at radius 1 is 1.47 bits per heavy atom. The van der Waals surface area contributed by atoms with Gasteiger partial charge in [0.2, 0.25) is 5.82 Å². The van der Waals surface area contributed by atoms with Crippen LogP contribution in [-0.2, 0) is 0 Å². The Morgan fingerprint density at radius 2 is 2.33 bits per heavy atom. The molecule has 1 N–H and O–H groups in total. The van der Waals surface area contributed by atoms with Gasteiger partial charge in [0.1, 0.15) is 0 Å². The molecular weight excluding hydrogens is 192 g/mol. The minimum absolute atomic E-state index is 0.111. The average molecular weight is 202 g/mol. The predicted molar refractivity (Wildman–Crippen MR) is 54.2 cm³/mol. The number of H-pyrrole nitrogens is 1. The van der Waals surface area contributed by atoms with E-state index in [1.54, 1.807) is 12.1 Å². The van der Waals surface area contributed by atoms with E-state index in [2.05, 4.69) is 20.6 Å². The molecule has 0 fully saturated rings. The number of benzene rings is 1. The standard InChI is InChI=1S/C10H10N4O/c1-2-9(15)7-4-3-5-8(6-7)10-11-13-14-12-10/h3-6H,2H2,1H3,(H,11,12,13,14). The van der Waals surface area contributed by atoms with Crippen molar-refractivity contribution in [1.29, 1.82) is 0 Å². The van der Waals surface area contributed by atoms with E-state index in [0.29, 0.717) is 17.8 Å². The maximum atomic E-state index is 11.5. The molecule has 1 aromatic carbocycles. The van der Waals surface area contributed by atoms with Crippen molar-refractivity contribution in [1.82, 2.24) is 20.6 Å². The molecule has 0 spiro atoms. The number of nitrogens with zero attached hydrogens (tertiary/aromatic N) is 3. The summed E-state index contributed by atoms with van der Waals surface area (Å²) in [7, 11) is 0. The first-order valence-corrected chi connectivity index (χ1v) is 4.68. The number of hydrogen-bond acceptors (Lipinski definition) is 4. The molecular formula is C10H10N4O. The summed E-state index contributed by atoms with van der Waals surface area (Å²) >= 11 is 0. The molecule has 76 valence electrons. The molecule has 0 aliphatic carbocycles. The minimum Gasteiger partial charge on any atom is -0.294 e. The fourth-order valence-corrected chi connectivity index (χ4v) is 1.32. The zero-order chi connectivity index (χ0) is 10.7. The molecule has 1 heterocycles. The van der Waals surface area contributed by atoms with Crippen LogP contribution in [0.4, 0.5) is 0 Å². The molecule has 0 unspecified atom stereocenters. The fourth-order valence-electron chi connectivity index (χ4n) is 1.32. The number of tetrazole rings is 1. The number of aromatic amines is 1. The van der Waals surface area contributed by atoms with Crippen LogP contribution in [0.5, 0.6) is 0 Å². The molecule has 0 aliphatic heterocycles. The summed E-state index contributed by atoms with van der Waals surface area (Å²) in [5, 5.41) is 13.6. The average Bonchev–Trinajstić information content (AvgIpc) is 2.82. The van der Waals surface area contributed by atoms with Gasteiger partial charge in [-0.15, -0.1) is 10.2 Å². The first-order valence-electron chi connectivity index (χ1n) is 4.68. The van der Waals surface area contributed by atoms with Crippen LogP contribution < -0.4 is 0 Å². The van der Waals surface area contributed by atoms with Gasteiger partial charge in [-0.2, -0.15) is 5.21 Å². The largest absolute Gasteiger partial charge is 0.294 e. The first-order chi connectivity index (χ1) is 7.31. The Balaban J connectivity index is 2.39. The Labute approximate surface area is 86.5 Å². The maximum absolute atomic E-state index is 11.5. The van der Waals surface area contributed by atoms with Crippen LogP contribution in [0.1, 0.15) is 23.7 Å². The van der Waals surface area contributed by atoms with Gasteiger partial charge in [-0.1, -0.05) is 25.1 Å². The Hall–Kier alpha value is -2.04. The van der Waals surface area contributed by atoms with Crippen LogP contribution in [0, 0.1) is 0 Å². The van der Waals surface area contributed by atoms with Gasteiger partial charge in [0.15, 0.2) is 5.78 Å². The molecule has 0 saturated carbocycles. The number of carbonyl (C=O) groups is 1. The molecule has 0 atom stereocenters. The molecule has 15 heavy (non-hydrogen) atoms. The zero-order valence-electron chi connectivity index (χ0n) is 8.27. The molecule has 0 bridgehead atoms. The molecule has 2 rings (SSSR count). The van der Waals surface area contributed by atoms with Gasteiger partial charge in [-0.25, -0.2) is 0 Å². The molecule has 0 amide bonds. The van der Waals surface area contributed by atoms with E-state index < -0.39 is 0 Å². The number of aromatic nitrogens is 4. The third kappa shape index (κ3) is 1.90. The number of nitrogens with one attached hydrogen (secondary N) is 1. The van der Waals surface area contributed by atoms with E-state index >= 15 is 0 Å². The molecule has 1 aromatic heterocycles. The normalized spacial score (nSPS) is 10.2. The highest BCUT2D eigenvalue weighted by Gasteiger charge is 2.07. The second-order valence-corrected chi connectivity index (χ2v) is 3.09. The molecule has 5 heteroatoms. The number of Topliss-reactive ketones (excluding diaryl/α,β-unsaturated/α-hetero) is 1. The topological polar surface area (TPSA) is 71.5 Å². The van der Waals surface area contributed by atoms with Gasteiger partial charge in [0.25, 0.3) is 0 Å². The second kappa shape index (κ2) is 4.00. The Bertz CT molecular complexity index is 464. The third-order valence-electron chi connectivity index (χ3n) is 2.11. The summed E-state index contributed by atoms with van der Waals surface area (Å²) in [6.45, 7) is 1.84. The van der Waals surface area contributed by atoms with Crippen LogP contribution in [-0.4, -0.2) is 26.4 Å². The van der Waals surface area contributed by atoms with Crippen LogP contribution in [0.25, 0.3) is 11.4 Å². The highest BCUT2D eigenvalue weighted by Crippen LogP contribution is 2.15. The van der Waals surface area contributed by atoms with Gasteiger partial charge in [0.05, 0.1) is 0 Å². The Kier molecular flexibility index (Phi) is 2.53. The summed E-state index contributed by atoms with van der Waals surface area (Å²) in [4.78, 5) is 11.5. The Morgan fingerprint density at radius 3 is 3.00 bits per heavy atom. The van der Waals surface area contributed by atoms with Crippen molar-refractivity contribution < 1.29 is 4.79 Å². The van der Waals surface area contributed by atoms with Gasteiger partial charge >= 0.3 is 0 Å². The number of carbonyl (C=O) groups excluding carboxylic acids is 1. The van der Waals surface area contributed by atoms with E-state index in [0.717, 1.165) is 5.56 Å². The number of rotatable bonds is 3. The van der Waals surface area contributed by atoms with Crippen molar-refractivity contribution in [2.75, 3.05) is 0 Å². The van der Waals surface area contributed by atoms with E-state index in [9.17, 15) is 4.79 Å². The first kappa shape index (κ1) is 9.51. The van der Waals surface area contributed by atoms with Crippen LogP contribution >= 0.6 is 0 Å². The summed E-state index contributed by atoms with van der Waals surface area (Å²) in [5.74, 6) is 0.612. The number of ketones is 1. The molecule has 2 aromatic rings. The second-order valence-electron chi connectivity index (χ2n) is 3.09. The summed E-state index contributed by atoms with van der Waals surface area (Å²) in [6.07, 6.45) is 0.496. The minimum atomic E-state index is 0.111. The highest BCUT2D eigenvalue weighted by atomic mass is 16.1. The van der Waals surface area contributed by atoms with E-state index in [1.165, 1.54) is 0 Å². The van der Waals surface area contributed by atoms with Crippen molar-refractivity contribution in [3.8, 4) is 11.4 Å². The lowest BCUT2D eigenvalue weighted by Gasteiger charge is -1.99. The van der Waals surface area contributed by atoms with Crippen LogP contribution in [0.3, 0.4) is 0 Å². The molecule has 0 aliphatic rings. The van der Waals surface area contributed by atoms with E-state index in [-0.39, 0.29) is 5.78 Å². The predicted octanol–water partition coefficient (Wildman–Crippen LogP) is 1.46. The van der Waals surface area contributed by atoms with Gasteiger partial charge in [-0.3, -0.25) is 4.79 Å². The molecule has 0 radical (unpaired) electrons. The van der Waals surface area contributed by atoms with Crippen LogP contribution in [0.15, 0.2) is 24.3 Å². The quantitative estimate of drug-likeness (QED) is 0.765.